The second-order valence-corrected chi connectivity index (χ2v) is 8.64. The van der Waals surface area contributed by atoms with Crippen LogP contribution in [0.25, 0.3) is 10.9 Å². The molecule has 0 fully saturated rings. The SMILES string of the molecule is CCc1csc(NC(=O)c2cc3cc(C)cc(C)c3n2Cc2cccc(C(=O)OC)c2)n1. The van der Waals surface area contributed by atoms with Crippen molar-refractivity contribution in [1.29, 1.82) is 0 Å². The van der Waals surface area contributed by atoms with Gasteiger partial charge in [-0.1, -0.05) is 30.7 Å². The van der Waals surface area contributed by atoms with Crippen LogP contribution in [0.2, 0.25) is 0 Å². The van der Waals surface area contributed by atoms with Gasteiger partial charge in [0.1, 0.15) is 5.69 Å². The van der Waals surface area contributed by atoms with Crippen molar-refractivity contribution in [2.75, 3.05) is 12.4 Å². The Morgan fingerprint density at radius 1 is 1.16 bits per heavy atom. The third-order valence-electron chi connectivity index (χ3n) is 5.38. The summed E-state index contributed by atoms with van der Waals surface area (Å²) in [4.78, 5) is 29.7. The van der Waals surface area contributed by atoms with Crippen LogP contribution in [0.3, 0.4) is 0 Å². The maximum absolute atomic E-state index is 13.3. The Hall–Kier alpha value is -3.45. The molecule has 0 bridgehead atoms. The topological polar surface area (TPSA) is 73.2 Å². The Morgan fingerprint density at radius 3 is 2.69 bits per heavy atom. The van der Waals surface area contributed by atoms with Gasteiger partial charge in [0.2, 0.25) is 0 Å². The molecule has 0 atom stereocenters. The lowest BCUT2D eigenvalue weighted by atomic mass is 10.1. The molecule has 0 aliphatic heterocycles. The highest BCUT2D eigenvalue weighted by atomic mass is 32.1. The van der Waals surface area contributed by atoms with E-state index in [2.05, 4.69) is 22.4 Å². The predicted octanol–water partition coefficient (Wildman–Crippen LogP) is 5.36. The van der Waals surface area contributed by atoms with E-state index in [-0.39, 0.29) is 11.9 Å². The van der Waals surface area contributed by atoms with E-state index in [1.807, 2.05) is 48.9 Å². The minimum Gasteiger partial charge on any atom is -0.465 e. The predicted molar refractivity (Wildman–Crippen MR) is 128 cm³/mol. The molecule has 2 aromatic heterocycles. The van der Waals surface area contributed by atoms with Crippen LogP contribution in [0.1, 0.15) is 50.2 Å². The molecule has 0 saturated carbocycles. The van der Waals surface area contributed by atoms with E-state index in [9.17, 15) is 9.59 Å². The van der Waals surface area contributed by atoms with Crippen molar-refractivity contribution >= 4 is 39.2 Å². The Morgan fingerprint density at radius 2 is 1.97 bits per heavy atom. The number of carbonyl (C=O) groups excluding carboxylic acids is 2. The van der Waals surface area contributed by atoms with Gasteiger partial charge < -0.3 is 9.30 Å². The van der Waals surface area contributed by atoms with Gasteiger partial charge in [-0.2, -0.15) is 0 Å². The highest BCUT2D eigenvalue weighted by Gasteiger charge is 2.19. The van der Waals surface area contributed by atoms with E-state index in [4.69, 9.17) is 4.74 Å². The van der Waals surface area contributed by atoms with Crippen molar-refractivity contribution in [3.05, 3.63) is 81.5 Å². The Labute approximate surface area is 190 Å². The van der Waals surface area contributed by atoms with Crippen LogP contribution in [0, 0.1) is 13.8 Å². The first kappa shape index (κ1) is 21.8. The number of ether oxygens (including phenoxy) is 1. The average Bonchev–Trinajstić information content (AvgIpc) is 3.37. The molecule has 2 heterocycles. The van der Waals surface area contributed by atoms with Crippen molar-refractivity contribution in [1.82, 2.24) is 9.55 Å². The van der Waals surface area contributed by atoms with Crippen LogP contribution in [-0.2, 0) is 17.7 Å². The number of amides is 1. The molecular weight excluding hydrogens is 422 g/mol. The fourth-order valence-corrected chi connectivity index (χ4v) is 4.74. The van der Waals surface area contributed by atoms with E-state index in [0.29, 0.717) is 22.9 Å². The largest absolute Gasteiger partial charge is 0.465 e. The Kier molecular flexibility index (Phi) is 6.10. The summed E-state index contributed by atoms with van der Waals surface area (Å²) >= 11 is 1.42. The summed E-state index contributed by atoms with van der Waals surface area (Å²) in [5, 5.41) is 6.49. The number of anilines is 1. The lowest BCUT2D eigenvalue weighted by molar-refractivity contribution is 0.0600. The molecule has 6 nitrogen and oxygen atoms in total. The highest BCUT2D eigenvalue weighted by Crippen LogP contribution is 2.27. The molecule has 7 heteroatoms. The monoisotopic (exact) mass is 447 g/mol. The van der Waals surface area contributed by atoms with Gasteiger partial charge in [-0.25, -0.2) is 9.78 Å². The normalized spacial score (nSPS) is 11.0. The molecule has 1 amide bonds. The van der Waals surface area contributed by atoms with Crippen LogP contribution < -0.4 is 5.32 Å². The third-order valence-corrected chi connectivity index (χ3v) is 6.19. The van der Waals surface area contributed by atoms with Crippen molar-refractivity contribution < 1.29 is 14.3 Å². The summed E-state index contributed by atoms with van der Waals surface area (Å²) in [5.74, 6) is -0.594. The first-order chi connectivity index (χ1) is 15.4. The molecule has 164 valence electrons. The smallest absolute Gasteiger partial charge is 0.337 e. The van der Waals surface area contributed by atoms with E-state index in [1.165, 1.54) is 18.4 Å². The highest BCUT2D eigenvalue weighted by molar-refractivity contribution is 7.14. The molecular formula is C25H25N3O3S. The number of hydrogen-bond acceptors (Lipinski definition) is 5. The molecule has 4 rings (SSSR count). The van der Waals surface area contributed by atoms with Gasteiger partial charge in [-0.3, -0.25) is 10.1 Å². The van der Waals surface area contributed by atoms with Gasteiger partial charge in [0.25, 0.3) is 5.91 Å². The zero-order valence-corrected chi connectivity index (χ0v) is 19.4. The quantitative estimate of drug-likeness (QED) is 0.404. The van der Waals surface area contributed by atoms with Crippen molar-refractivity contribution in [2.24, 2.45) is 0 Å². The molecule has 4 aromatic rings. The molecule has 0 saturated heterocycles. The number of esters is 1. The minimum absolute atomic E-state index is 0.209. The zero-order chi connectivity index (χ0) is 22.8. The van der Waals surface area contributed by atoms with Gasteiger partial charge in [0.05, 0.1) is 23.9 Å². The number of nitrogens with one attached hydrogen (secondary N) is 1. The van der Waals surface area contributed by atoms with Crippen molar-refractivity contribution in [3.8, 4) is 0 Å². The summed E-state index contributed by atoms with van der Waals surface area (Å²) in [6.45, 7) is 6.57. The van der Waals surface area contributed by atoms with Crippen molar-refractivity contribution in [2.45, 2.75) is 33.7 Å². The third kappa shape index (κ3) is 4.29. The molecule has 1 N–H and O–H groups in total. The summed E-state index contributed by atoms with van der Waals surface area (Å²) in [5.41, 5.74) is 6.11. The van der Waals surface area contributed by atoms with Crippen molar-refractivity contribution in [3.63, 3.8) is 0 Å². The summed E-state index contributed by atoms with van der Waals surface area (Å²) in [6, 6.07) is 13.4. The van der Waals surface area contributed by atoms with Gasteiger partial charge in [0, 0.05) is 17.3 Å². The molecule has 0 aliphatic rings. The van der Waals surface area contributed by atoms with Gasteiger partial charge in [-0.15, -0.1) is 11.3 Å². The number of nitrogens with zero attached hydrogens (tertiary/aromatic N) is 2. The van der Waals surface area contributed by atoms with Crippen LogP contribution >= 0.6 is 11.3 Å². The Balaban J connectivity index is 1.77. The first-order valence-electron chi connectivity index (χ1n) is 10.4. The van der Waals surface area contributed by atoms with Crippen LogP contribution in [0.5, 0.6) is 0 Å². The molecule has 0 spiro atoms. The van der Waals surface area contributed by atoms with Crippen LogP contribution in [0.4, 0.5) is 5.13 Å². The van der Waals surface area contributed by atoms with Gasteiger partial charge in [0.15, 0.2) is 5.13 Å². The number of aromatic nitrogens is 2. The van der Waals surface area contributed by atoms with E-state index in [0.717, 1.165) is 39.7 Å². The number of thiazole rings is 1. The standard InChI is InChI=1S/C25H25N3O3S/c1-5-20-14-32-25(26-20)27-23(29)21-12-19-10-15(2)9-16(3)22(19)28(21)13-17-7-6-8-18(11-17)24(30)31-4/h6-12,14H,5,13H2,1-4H3,(H,26,27,29). The molecule has 0 radical (unpaired) electrons. The molecule has 0 unspecified atom stereocenters. The van der Waals surface area contributed by atoms with E-state index < -0.39 is 0 Å². The van der Waals surface area contributed by atoms with E-state index >= 15 is 0 Å². The average molecular weight is 448 g/mol. The number of rotatable bonds is 6. The summed E-state index contributed by atoms with van der Waals surface area (Å²) in [7, 11) is 1.37. The van der Waals surface area contributed by atoms with Crippen LogP contribution in [-0.4, -0.2) is 28.5 Å². The fraction of sp³-hybridized carbons (Fsp3) is 0.240. The summed E-state index contributed by atoms with van der Waals surface area (Å²) in [6.07, 6.45) is 0.821. The lowest BCUT2D eigenvalue weighted by Crippen LogP contribution is -2.18. The van der Waals surface area contributed by atoms with Gasteiger partial charge in [-0.05, 0) is 55.7 Å². The van der Waals surface area contributed by atoms with E-state index in [1.54, 1.807) is 12.1 Å². The number of benzene rings is 2. The Bertz CT molecular complexity index is 1320. The molecule has 32 heavy (non-hydrogen) atoms. The maximum atomic E-state index is 13.3. The zero-order valence-electron chi connectivity index (χ0n) is 18.6. The molecule has 2 aromatic carbocycles. The fourth-order valence-electron chi connectivity index (χ4n) is 3.95. The lowest BCUT2D eigenvalue weighted by Gasteiger charge is -2.13. The molecule has 0 aliphatic carbocycles. The van der Waals surface area contributed by atoms with Crippen LogP contribution in [0.15, 0.2) is 47.8 Å². The number of aryl methyl sites for hydroxylation is 3. The minimum atomic E-state index is -0.385. The number of methoxy groups -OCH3 is 1. The maximum Gasteiger partial charge on any atom is 0.337 e. The number of hydrogen-bond donors (Lipinski definition) is 1. The second-order valence-electron chi connectivity index (χ2n) is 7.78. The summed E-state index contributed by atoms with van der Waals surface area (Å²) < 4.78 is 6.86. The number of carbonyl (C=O) groups is 2. The first-order valence-corrected chi connectivity index (χ1v) is 11.3. The second kappa shape index (κ2) is 8.96. The van der Waals surface area contributed by atoms with Gasteiger partial charge >= 0.3 is 5.97 Å². The number of fused-ring (bicyclic) bond motifs is 1.